The van der Waals surface area contributed by atoms with E-state index in [-0.39, 0.29) is 0 Å². The first-order chi connectivity index (χ1) is 5.02. The number of thioether (sulfide) groups is 1. The van der Waals surface area contributed by atoms with E-state index in [2.05, 4.69) is 27.0 Å². The fourth-order valence-corrected chi connectivity index (χ4v) is 1.68. The summed E-state index contributed by atoms with van der Waals surface area (Å²) in [5, 5.41) is 0. The second-order valence-corrected chi connectivity index (χ2v) is 5.07. The molecular formula is C9H21NS. The molecule has 0 fully saturated rings. The van der Waals surface area contributed by atoms with Gasteiger partial charge in [0, 0.05) is 0 Å². The van der Waals surface area contributed by atoms with E-state index in [1.54, 1.807) is 0 Å². The van der Waals surface area contributed by atoms with Crippen LogP contribution < -0.4 is 5.73 Å². The van der Waals surface area contributed by atoms with Gasteiger partial charge in [-0.25, -0.2) is 0 Å². The molecule has 1 atom stereocenters. The van der Waals surface area contributed by atoms with Gasteiger partial charge >= 0.3 is 0 Å². The standard InChI is InChI=1S/C9H21NS/c1-9(2,3)8(7-10)5-6-11-4/h8H,5-7,10H2,1-4H3. The Hall–Kier alpha value is 0.310. The third kappa shape index (κ3) is 4.70. The lowest BCUT2D eigenvalue weighted by Gasteiger charge is -2.29. The highest BCUT2D eigenvalue weighted by molar-refractivity contribution is 7.98. The smallest absolute Gasteiger partial charge is 0.00436 e. The summed E-state index contributed by atoms with van der Waals surface area (Å²) in [6.45, 7) is 7.63. The Morgan fingerprint density at radius 3 is 2.18 bits per heavy atom. The van der Waals surface area contributed by atoms with Crippen LogP contribution in [-0.4, -0.2) is 18.6 Å². The van der Waals surface area contributed by atoms with E-state index in [0.717, 1.165) is 6.54 Å². The summed E-state index contributed by atoms with van der Waals surface area (Å²) < 4.78 is 0. The van der Waals surface area contributed by atoms with Gasteiger partial charge in [0.05, 0.1) is 0 Å². The van der Waals surface area contributed by atoms with Gasteiger partial charge in [0.25, 0.3) is 0 Å². The molecule has 1 unspecified atom stereocenters. The Labute approximate surface area is 75.1 Å². The third-order valence-corrected chi connectivity index (χ3v) is 2.82. The average Bonchev–Trinajstić information content (AvgIpc) is 1.87. The monoisotopic (exact) mass is 175 g/mol. The normalized spacial score (nSPS) is 15.0. The zero-order valence-corrected chi connectivity index (χ0v) is 9.00. The van der Waals surface area contributed by atoms with Crippen LogP contribution in [0.2, 0.25) is 0 Å². The van der Waals surface area contributed by atoms with Crippen molar-refractivity contribution in [1.82, 2.24) is 0 Å². The molecule has 2 heteroatoms. The maximum absolute atomic E-state index is 5.69. The maximum Gasteiger partial charge on any atom is -0.00436 e. The minimum absolute atomic E-state index is 0.379. The molecule has 0 radical (unpaired) electrons. The molecule has 0 aromatic carbocycles. The van der Waals surface area contributed by atoms with Gasteiger partial charge in [0.15, 0.2) is 0 Å². The minimum Gasteiger partial charge on any atom is -0.330 e. The highest BCUT2D eigenvalue weighted by Crippen LogP contribution is 2.28. The van der Waals surface area contributed by atoms with E-state index >= 15 is 0 Å². The van der Waals surface area contributed by atoms with Crippen molar-refractivity contribution in [2.75, 3.05) is 18.6 Å². The largest absolute Gasteiger partial charge is 0.330 e. The van der Waals surface area contributed by atoms with Crippen molar-refractivity contribution in [3.05, 3.63) is 0 Å². The van der Waals surface area contributed by atoms with Crippen LogP contribution in [0, 0.1) is 11.3 Å². The van der Waals surface area contributed by atoms with Crippen LogP contribution in [0.15, 0.2) is 0 Å². The molecule has 68 valence electrons. The molecule has 0 amide bonds. The van der Waals surface area contributed by atoms with Gasteiger partial charge < -0.3 is 5.73 Å². The lowest BCUT2D eigenvalue weighted by molar-refractivity contribution is 0.242. The highest BCUT2D eigenvalue weighted by atomic mass is 32.2. The van der Waals surface area contributed by atoms with Gasteiger partial charge in [-0.3, -0.25) is 0 Å². The average molecular weight is 175 g/mol. The van der Waals surface area contributed by atoms with Gasteiger partial charge in [-0.1, -0.05) is 20.8 Å². The van der Waals surface area contributed by atoms with E-state index in [0.29, 0.717) is 11.3 Å². The summed E-state index contributed by atoms with van der Waals surface area (Å²) in [7, 11) is 0. The quantitative estimate of drug-likeness (QED) is 0.710. The third-order valence-electron chi connectivity index (χ3n) is 2.18. The summed E-state index contributed by atoms with van der Waals surface area (Å²) in [5.41, 5.74) is 6.07. The van der Waals surface area contributed by atoms with Crippen molar-refractivity contribution in [2.45, 2.75) is 27.2 Å². The van der Waals surface area contributed by atoms with Gasteiger partial charge in [-0.05, 0) is 36.3 Å². The van der Waals surface area contributed by atoms with Crippen LogP contribution in [0.1, 0.15) is 27.2 Å². The van der Waals surface area contributed by atoms with Gasteiger partial charge in [0.2, 0.25) is 0 Å². The van der Waals surface area contributed by atoms with E-state index in [1.165, 1.54) is 12.2 Å². The predicted octanol–water partition coefficient (Wildman–Crippen LogP) is 2.36. The fraction of sp³-hybridized carbons (Fsp3) is 1.00. The molecule has 0 aliphatic carbocycles. The van der Waals surface area contributed by atoms with Crippen molar-refractivity contribution in [1.29, 1.82) is 0 Å². The lowest BCUT2D eigenvalue weighted by atomic mass is 9.79. The Kier molecular flexibility index (Phi) is 5.19. The van der Waals surface area contributed by atoms with E-state index in [4.69, 9.17) is 5.73 Å². The fourth-order valence-electron chi connectivity index (χ4n) is 1.16. The molecule has 0 aromatic rings. The van der Waals surface area contributed by atoms with Crippen molar-refractivity contribution < 1.29 is 0 Å². The Morgan fingerprint density at radius 2 is 1.91 bits per heavy atom. The molecule has 11 heavy (non-hydrogen) atoms. The molecule has 2 N–H and O–H groups in total. The van der Waals surface area contributed by atoms with Crippen molar-refractivity contribution in [2.24, 2.45) is 17.1 Å². The van der Waals surface area contributed by atoms with Gasteiger partial charge in [-0.15, -0.1) is 0 Å². The number of rotatable bonds is 4. The van der Waals surface area contributed by atoms with Crippen LogP contribution in [0.25, 0.3) is 0 Å². The summed E-state index contributed by atoms with van der Waals surface area (Å²) in [5.74, 6) is 1.91. The van der Waals surface area contributed by atoms with E-state index in [1.807, 2.05) is 11.8 Å². The van der Waals surface area contributed by atoms with Crippen molar-refractivity contribution >= 4 is 11.8 Å². The molecular weight excluding hydrogens is 154 g/mol. The second kappa shape index (κ2) is 5.04. The number of nitrogens with two attached hydrogens (primary N) is 1. The summed E-state index contributed by atoms with van der Waals surface area (Å²) in [4.78, 5) is 0. The highest BCUT2D eigenvalue weighted by Gasteiger charge is 2.22. The Balaban J connectivity index is 3.76. The molecule has 0 rings (SSSR count). The van der Waals surface area contributed by atoms with Crippen molar-refractivity contribution in [3.63, 3.8) is 0 Å². The molecule has 0 aliphatic rings. The van der Waals surface area contributed by atoms with Crippen LogP contribution in [0.5, 0.6) is 0 Å². The SMILES string of the molecule is CSCCC(CN)C(C)(C)C. The molecule has 0 bridgehead atoms. The van der Waals surface area contributed by atoms with Gasteiger partial charge in [-0.2, -0.15) is 11.8 Å². The van der Waals surface area contributed by atoms with Crippen LogP contribution in [-0.2, 0) is 0 Å². The lowest BCUT2D eigenvalue weighted by Crippen LogP contribution is -2.28. The zero-order valence-electron chi connectivity index (χ0n) is 8.18. The van der Waals surface area contributed by atoms with Crippen molar-refractivity contribution in [3.8, 4) is 0 Å². The molecule has 0 saturated carbocycles. The topological polar surface area (TPSA) is 26.0 Å². The minimum atomic E-state index is 0.379. The van der Waals surface area contributed by atoms with Crippen LogP contribution in [0.3, 0.4) is 0 Å². The van der Waals surface area contributed by atoms with E-state index < -0.39 is 0 Å². The maximum atomic E-state index is 5.69. The summed E-state index contributed by atoms with van der Waals surface area (Å²) >= 11 is 1.91. The number of hydrogen-bond donors (Lipinski definition) is 1. The second-order valence-electron chi connectivity index (χ2n) is 4.08. The van der Waals surface area contributed by atoms with Gasteiger partial charge in [0.1, 0.15) is 0 Å². The number of hydrogen-bond acceptors (Lipinski definition) is 2. The molecule has 0 aliphatic heterocycles. The van der Waals surface area contributed by atoms with E-state index in [9.17, 15) is 0 Å². The first-order valence-electron chi connectivity index (χ1n) is 4.21. The zero-order chi connectivity index (χ0) is 8.91. The van der Waals surface area contributed by atoms with Crippen LogP contribution in [0.4, 0.5) is 0 Å². The summed E-state index contributed by atoms with van der Waals surface area (Å²) in [6.07, 6.45) is 3.40. The first-order valence-corrected chi connectivity index (χ1v) is 5.60. The predicted molar refractivity (Wildman–Crippen MR) is 55.0 cm³/mol. The molecule has 0 saturated heterocycles. The summed E-state index contributed by atoms with van der Waals surface area (Å²) in [6, 6.07) is 0. The first kappa shape index (κ1) is 11.3. The molecule has 0 spiro atoms. The Morgan fingerprint density at radius 1 is 1.36 bits per heavy atom. The molecule has 0 aromatic heterocycles. The molecule has 1 nitrogen and oxygen atoms in total. The molecule has 0 heterocycles. The Bertz CT molecular complexity index is 96.2. The van der Waals surface area contributed by atoms with Crippen LogP contribution >= 0.6 is 11.8 Å².